The Balaban J connectivity index is 2.41. The van der Waals surface area contributed by atoms with Crippen molar-refractivity contribution in [1.82, 2.24) is 0 Å². The second-order valence-electron chi connectivity index (χ2n) is 2.91. The summed E-state index contributed by atoms with van der Waals surface area (Å²) >= 11 is 1.83. The molecule has 68 valence electrons. The Morgan fingerprint density at radius 1 is 1.25 bits per heavy atom. The van der Waals surface area contributed by atoms with Crippen LogP contribution in [-0.4, -0.2) is 6.67 Å². The van der Waals surface area contributed by atoms with E-state index in [4.69, 9.17) is 0 Å². The molecule has 0 N–H and O–H groups in total. The quantitative estimate of drug-likeness (QED) is 0.659. The molecule has 0 saturated heterocycles. The Morgan fingerprint density at radius 3 is 2.50 bits per heavy atom. The average Bonchev–Trinajstić information content (AvgIpc) is 2.50. The minimum atomic E-state index is -0.193. The maximum absolute atomic E-state index is 11.8. The van der Waals surface area contributed by atoms with Gasteiger partial charge >= 0.3 is 0 Å². The molecule has 0 atom stereocenters. The highest BCUT2D eigenvalue weighted by atomic mass is 32.1. The van der Waals surface area contributed by atoms with E-state index < -0.39 is 0 Å². The number of halogens is 1. The summed E-state index contributed by atoms with van der Waals surface area (Å²) in [5, 5.41) is 0. The summed E-state index contributed by atoms with van der Waals surface area (Å²) < 4.78 is 11.8. The lowest BCUT2D eigenvalue weighted by molar-refractivity contribution is 0.474. The Hall–Kier alpha value is -0.370. The number of aryl methyl sites for hydroxylation is 2. The zero-order chi connectivity index (χ0) is 8.81. The van der Waals surface area contributed by atoms with Gasteiger partial charge in [0.05, 0.1) is 6.67 Å². The van der Waals surface area contributed by atoms with Crippen LogP contribution in [0.15, 0.2) is 12.1 Å². The van der Waals surface area contributed by atoms with Crippen LogP contribution < -0.4 is 0 Å². The van der Waals surface area contributed by atoms with Crippen molar-refractivity contribution < 1.29 is 4.39 Å². The van der Waals surface area contributed by atoms with Crippen LogP contribution in [0, 0.1) is 0 Å². The lowest BCUT2D eigenvalue weighted by Crippen LogP contribution is -1.80. The van der Waals surface area contributed by atoms with Crippen molar-refractivity contribution in [2.24, 2.45) is 0 Å². The van der Waals surface area contributed by atoms with Crippen molar-refractivity contribution >= 4 is 11.3 Å². The molecule has 0 spiro atoms. The molecule has 1 heterocycles. The number of thiophene rings is 1. The van der Waals surface area contributed by atoms with Gasteiger partial charge in [-0.05, 0) is 31.4 Å². The van der Waals surface area contributed by atoms with E-state index in [9.17, 15) is 4.39 Å². The summed E-state index contributed by atoms with van der Waals surface area (Å²) in [6, 6.07) is 4.30. The van der Waals surface area contributed by atoms with Gasteiger partial charge in [-0.25, -0.2) is 0 Å². The molecule has 0 aliphatic heterocycles. The Morgan fingerprint density at radius 2 is 1.92 bits per heavy atom. The van der Waals surface area contributed by atoms with Crippen LogP contribution in [-0.2, 0) is 12.8 Å². The van der Waals surface area contributed by atoms with Crippen LogP contribution in [0.25, 0.3) is 0 Å². The predicted octanol–water partition coefficient (Wildman–Crippen LogP) is 3.60. The molecule has 2 heteroatoms. The minimum Gasteiger partial charge on any atom is -0.251 e. The third-order valence-electron chi connectivity index (χ3n) is 1.77. The van der Waals surface area contributed by atoms with E-state index in [0.717, 1.165) is 6.42 Å². The summed E-state index contributed by atoms with van der Waals surface area (Å²) in [5.41, 5.74) is 0. The molecule has 0 radical (unpaired) electrons. The molecule has 0 saturated carbocycles. The zero-order valence-corrected chi connectivity index (χ0v) is 8.29. The van der Waals surface area contributed by atoms with Gasteiger partial charge in [0.2, 0.25) is 0 Å². The van der Waals surface area contributed by atoms with Crippen molar-refractivity contribution in [2.45, 2.75) is 32.6 Å². The second-order valence-corrected chi connectivity index (χ2v) is 4.16. The van der Waals surface area contributed by atoms with Crippen molar-refractivity contribution in [1.29, 1.82) is 0 Å². The van der Waals surface area contributed by atoms with E-state index in [-0.39, 0.29) is 6.67 Å². The fraction of sp³-hybridized carbons (Fsp3) is 0.600. The molecule has 0 amide bonds. The molecule has 1 aromatic heterocycles. The van der Waals surface area contributed by atoms with E-state index in [1.165, 1.54) is 22.6 Å². The number of rotatable bonds is 5. The fourth-order valence-electron chi connectivity index (χ4n) is 1.18. The SMILES string of the molecule is CCCc1ccc(CCCF)s1. The third kappa shape index (κ3) is 2.94. The lowest BCUT2D eigenvalue weighted by atomic mass is 10.2. The van der Waals surface area contributed by atoms with Gasteiger partial charge in [-0.3, -0.25) is 4.39 Å². The summed E-state index contributed by atoms with van der Waals surface area (Å²) in [7, 11) is 0. The summed E-state index contributed by atoms with van der Waals surface area (Å²) in [6.07, 6.45) is 3.94. The summed E-state index contributed by atoms with van der Waals surface area (Å²) in [5.74, 6) is 0. The largest absolute Gasteiger partial charge is 0.251 e. The Bertz CT molecular complexity index is 217. The average molecular weight is 186 g/mol. The number of alkyl halides is 1. The standard InChI is InChI=1S/C10H15FS/c1-2-4-9-6-7-10(12-9)5-3-8-11/h6-7H,2-5,8H2,1H3. The van der Waals surface area contributed by atoms with Crippen molar-refractivity contribution in [3.05, 3.63) is 21.9 Å². The van der Waals surface area contributed by atoms with Gasteiger partial charge in [0.1, 0.15) is 0 Å². The first-order valence-electron chi connectivity index (χ1n) is 4.50. The van der Waals surface area contributed by atoms with E-state index in [1.54, 1.807) is 0 Å². The molecule has 0 unspecified atom stereocenters. The van der Waals surface area contributed by atoms with Gasteiger partial charge in [-0.15, -0.1) is 11.3 Å². The minimum absolute atomic E-state index is 0.193. The van der Waals surface area contributed by atoms with E-state index in [0.29, 0.717) is 6.42 Å². The molecule has 0 bridgehead atoms. The molecular weight excluding hydrogens is 171 g/mol. The maximum Gasteiger partial charge on any atom is 0.0897 e. The molecule has 0 aliphatic rings. The van der Waals surface area contributed by atoms with Gasteiger partial charge in [-0.2, -0.15) is 0 Å². The van der Waals surface area contributed by atoms with Crippen LogP contribution in [0.4, 0.5) is 4.39 Å². The first kappa shape index (κ1) is 9.72. The fourth-order valence-corrected chi connectivity index (χ4v) is 2.34. The molecule has 1 rings (SSSR count). The molecular formula is C10H15FS. The van der Waals surface area contributed by atoms with Gasteiger partial charge in [0.25, 0.3) is 0 Å². The van der Waals surface area contributed by atoms with Crippen molar-refractivity contribution in [3.8, 4) is 0 Å². The van der Waals surface area contributed by atoms with E-state index >= 15 is 0 Å². The normalized spacial score (nSPS) is 10.5. The van der Waals surface area contributed by atoms with Gasteiger partial charge in [0, 0.05) is 9.75 Å². The highest BCUT2D eigenvalue weighted by Gasteiger charge is 1.98. The second kappa shape index (κ2) is 5.31. The molecule has 0 aromatic carbocycles. The summed E-state index contributed by atoms with van der Waals surface area (Å²) in [4.78, 5) is 2.77. The Kier molecular flexibility index (Phi) is 4.30. The zero-order valence-electron chi connectivity index (χ0n) is 7.48. The molecule has 1 aromatic rings. The maximum atomic E-state index is 11.8. The molecule has 12 heavy (non-hydrogen) atoms. The number of hydrogen-bond donors (Lipinski definition) is 0. The van der Waals surface area contributed by atoms with Crippen LogP contribution >= 0.6 is 11.3 Å². The smallest absolute Gasteiger partial charge is 0.0897 e. The van der Waals surface area contributed by atoms with E-state index in [1.807, 2.05) is 11.3 Å². The van der Waals surface area contributed by atoms with Gasteiger partial charge in [0.15, 0.2) is 0 Å². The first-order chi connectivity index (χ1) is 5.86. The van der Waals surface area contributed by atoms with Gasteiger partial charge < -0.3 is 0 Å². The van der Waals surface area contributed by atoms with Crippen LogP contribution in [0.1, 0.15) is 29.5 Å². The predicted molar refractivity (Wildman–Crippen MR) is 52.6 cm³/mol. The van der Waals surface area contributed by atoms with Crippen LogP contribution in [0.2, 0.25) is 0 Å². The first-order valence-corrected chi connectivity index (χ1v) is 5.32. The Labute approximate surface area is 77.4 Å². The monoisotopic (exact) mass is 186 g/mol. The van der Waals surface area contributed by atoms with E-state index in [2.05, 4.69) is 19.1 Å². The van der Waals surface area contributed by atoms with Crippen LogP contribution in [0.3, 0.4) is 0 Å². The lowest BCUT2D eigenvalue weighted by Gasteiger charge is -1.91. The molecule has 0 aliphatic carbocycles. The number of hydrogen-bond acceptors (Lipinski definition) is 1. The van der Waals surface area contributed by atoms with Crippen molar-refractivity contribution in [2.75, 3.05) is 6.67 Å². The molecule has 0 fully saturated rings. The summed E-state index contributed by atoms with van der Waals surface area (Å²) in [6.45, 7) is 1.99. The third-order valence-corrected chi connectivity index (χ3v) is 2.98. The highest BCUT2D eigenvalue weighted by Crippen LogP contribution is 2.19. The van der Waals surface area contributed by atoms with Crippen LogP contribution in [0.5, 0.6) is 0 Å². The topological polar surface area (TPSA) is 0 Å². The van der Waals surface area contributed by atoms with Gasteiger partial charge in [-0.1, -0.05) is 13.3 Å². The highest BCUT2D eigenvalue weighted by molar-refractivity contribution is 7.11. The van der Waals surface area contributed by atoms with Crippen molar-refractivity contribution in [3.63, 3.8) is 0 Å². The molecule has 0 nitrogen and oxygen atoms in total.